The predicted molar refractivity (Wildman–Crippen MR) is 60.9 cm³/mol. The molecule has 0 spiro atoms. The van der Waals surface area contributed by atoms with Gasteiger partial charge in [0.2, 0.25) is 5.91 Å². The molecule has 1 aliphatic rings. The van der Waals surface area contributed by atoms with Gasteiger partial charge in [0.05, 0.1) is 11.1 Å². The number of benzene rings is 1. The molecule has 0 bridgehead atoms. The number of ether oxygens (including phenoxy) is 1. The number of primary amides is 1. The van der Waals surface area contributed by atoms with Crippen molar-refractivity contribution in [2.24, 2.45) is 11.7 Å². The van der Waals surface area contributed by atoms with E-state index >= 15 is 0 Å². The highest BCUT2D eigenvalue weighted by molar-refractivity contribution is 9.10. The van der Waals surface area contributed by atoms with Gasteiger partial charge in [0.15, 0.2) is 0 Å². The molecule has 4 heteroatoms. The summed E-state index contributed by atoms with van der Waals surface area (Å²) < 4.78 is 6.45. The van der Waals surface area contributed by atoms with Gasteiger partial charge in [-0.3, -0.25) is 4.79 Å². The quantitative estimate of drug-likeness (QED) is 0.912. The van der Waals surface area contributed by atoms with Crippen LogP contribution >= 0.6 is 15.9 Å². The van der Waals surface area contributed by atoms with Crippen LogP contribution in [0, 0.1) is 5.92 Å². The Morgan fingerprint density at radius 3 is 2.87 bits per heavy atom. The zero-order valence-electron chi connectivity index (χ0n) is 8.20. The first kappa shape index (κ1) is 10.5. The highest BCUT2D eigenvalue weighted by atomic mass is 79.9. The Bertz CT molecular complexity index is 388. The number of hydrogen-bond donors (Lipinski definition) is 1. The average molecular weight is 270 g/mol. The van der Waals surface area contributed by atoms with E-state index in [0.717, 1.165) is 11.1 Å². The van der Waals surface area contributed by atoms with Crippen molar-refractivity contribution in [1.29, 1.82) is 0 Å². The predicted octanol–water partition coefficient (Wildman–Crippen LogP) is 2.34. The van der Waals surface area contributed by atoms with E-state index in [1.165, 1.54) is 12.8 Å². The molecular formula is C11H12BrNO2. The van der Waals surface area contributed by atoms with Crippen molar-refractivity contribution >= 4 is 21.8 Å². The Kier molecular flexibility index (Phi) is 2.95. The molecule has 1 saturated carbocycles. The molecule has 80 valence electrons. The molecule has 0 aliphatic heterocycles. The molecule has 2 N–H and O–H groups in total. The molecule has 1 aromatic rings. The van der Waals surface area contributed by atoms with Gasteiger partial charge in [0.1, 0.15) is 5.75 Å². The molecule has 2 rings (SSSR count). The molecule has 0 aromatic heterocycles. The smallest absolute Gasteiger partial charge is 0.248 e. The summed E-state index contributed by atoms with van der Waals surface area (Å²) >= 11 is 3.37. The summed E-state index contributed by atoms with van der Waals surface area (Å²) in [6.45, 7) is 0.723. The lowest BCUT2D eigenvalue weighted by molar-refractivity contribution is 0.1000. The van der Waals surface area contributed by atoms with Crippen molar-refractivity contribution in [1.82, 2.24) is 0 Å². The molecule has 15 heavy (non-hydrogen) atoms. The van der Waals surface area contributed by atoms with E-state index in [9.17, 15) is 4.79 Å². The number of halogens is 1. The van der Waals surface area contributed by atoms with Crippen molar-refractivity contribution in [3.8, 4) is 5.75 Å². The minimum atomic E-state index is -0.432. The van der Waals surface area contributed by atoms with Gasteiger partial charge in [-0.25, -0.2) is 0 Å². The molecule has 0 radical (unpaired) electrons. The summed E-state index contributed by atoms with van der Waals surface area (Å²) in [5.74, 6) is 0.950. The molecule has 1 aliphatic carbocycles. The van der Waals surface area contributed by atoms with Crippen LogP contribution in [0.1, 0.15) is 23.2 Å². The van der Waals surface area contributed by atoms with Crippen LogP contribution in [0.15, 0.2) is 22.7 Å². The third-order valence-corrected chi connectivity index (χ3v) is 3.04. The second kappa shape index (κ2) is 4.23. The van der Waals surface area contributed by atoms with E-state index in [1.807, 2.05) is 0 Å². The number of carbonyl (C=O) groups excluding carboxylic acids is 1. The van der Waals surface area contributed by atoms with Crippen LogP contribution in [0.4, 0.5) is 0 Å². The van der Waals surface area contributed by atoms with Crippen molar-refractivity contribution in [3.63, 3.8) is 0 Å². The Labute approximate surface area is 96.7 Å². The van der Waals surface area contributed by atoms with Gasteiger partial charge >= 0.3 is 0 Å². The van der Waals surface area contributed by atoms with Gasteiger partial charge in [-0.05, 0) is 52.9 Å². The van der Waals surface area contributed by atoms with Crippen molar-refractivity contribution in [2.45, 2.75) is 12.8 Å². The largest absolute Gasteiger partial charge is 0.492 e. The summed E-state index contributed by atoms with van der Waals surface area (Å²) in [6.07, 6.45) is 2.49. The molecule has 1 amide bonds. The maximum Gasteiger partial charge on any atom is 0.248 e. The highest BCUT2D eigenvalue weighted by Gasteiger charge is 2.22. The second-order valence-electron chi connectivity index (χ2n) is 3.76. The van der Waals surface area contributed by atoms with Crippen LogP contribution in [-0.4, -0.2) is 12.5 Å². The van der Waals surface area contributed by atoms with E-state index in [4.69, 9.17) is 10.5 Å². The lowest BCUT2D eigenvalue weighted by Crippen LogP contribution is -2.11. The number of hydrogen-bond acceptors (Lipinski definition) is 2. The summed E-state index contributed by atoms with van der Waals surface area (Å²) in [5.41, 5.74) is 5.67. The SMILES string of the molecule is NC(=O)c1ccc(Br)c(OCC2CC2)c1. The van der Waals surface area contributed by atoms with E-state index in [-0.39, 0.29) is 0 Å². The monoisotopic (exact) mass is 269 g/mol. The van der Waals surface area contributed by atoms with Crippen molar-refractivity contribution < 1.29 is 9.53 Å². The first-order valence-electron chi connectivity index (χ1n) is 4.89. The summed E-state index contributed by atoms with van der Waals surface area (Å²) in [6, 6.07) is 5.13. The lowest BCUT2D eigenvalue weighted by atomic mass is 10.2. The first-order chi connectivity index (χ1) is 7.16. The molecule has 1 aromatic carbocycles. The van der Waals surface area contributed by atoms with E-state index < -0.39 is 5.91 Å². The number of carbonyl (C=O) groups is 1. The average Bonchev–Trinajstić information content (AvgIpc) is 3.00. The third kappa shape index (κ3) is 2.72. The number of nitrogens with two attached hydrogens (primary N) is 1. The van der Waals surface area contributed by atoms with Crippen LogP contribution in [0.2, 0.25) is 0 Å². The summed E-state index contributed by atoms with van der Waals surface area (Å²) in [7, 11) is 0. The zero-order chi connectivity index (χ0) is 10.8. The molecule has 1 fully saturated rings. The summed E-state index contributed by atoms with van der Waals surface area (Å²) in [4.78, 5) is 11.0. The van der Waals surface area contributed by atoms with Crippen LogP contribution < -0.4 is 10.5 Å². The highest BCUT2D eigenvalue weighted by Crippen LogP contribution is 2.32. The van der Waals surface area contributed by atoms with Crippen LogP contribution in [0.5, 0.6) is 5.75 Å². The van der Waals surface area contributed by atoms with E-state index in [2.05, 4.69) is 15.9 Å². The fraction of sp³-hybridized carbons (Fsp3) is 0.364. The minimum absolute atomic E-state index is 0.432. The Morgan fingerprint density at radius 1 is 1.53 bits per heavy atom. The number of rotatable bonds is 4. The van der Waals surface area contributed by atoms with Gasteiger partial charge < -0.3 is 10.5 Å². The van der Waals surface area contributed by atoms with Gasteiger partial charge in [0.25, 0.3) is 0 Å². The van der Waals surface area contributed by atoms with Crippen LogP contribution in [0.25, 0.3) is 0 Å². The fourth-order valence-electron chi connectivity index (χ4n) is 1.26. The topological polar surface area (TPSA) is 52.3 Å². The standard InChI is InChI=1S/C11H12BrNO2/c12-9-4-3-8(11(13)14)5-10(9)15-6-7-1-2-7/h3-5,7H,1-2,6H2,(H2,13,14). The molecule has 0 unspecified atom stereocenters. The fourth-order valence-corrected chi connectivity index (χ4v) is 1.62. The van der Waals surface area contributed by atoms with E-state index in [1.54, 1.807) is 18.2 Å². The van der Waals surface area contributed by atoms with Crippen LogP contribution in [-0.2, 0) is 0 Å². The van der Waals surface area contributed by atoms with Crippen LogP contribution in [0.3, 0.4) is 0 Å². The lowest BCUT2D eigenvalue weighted by Gasteiger charge is -2.08. The molecular weight excluding hydrogens is 258 g/mol. The zero-order valence-corrected chi connectivity index (χ0v) is 9.79. The maximum atomic E-state index is 11.0. The Hall–Kier alpha value is -1.03. The normalized spacial score (nSPS) is 15.0. The Balaban J connectivity index is 2.12. The number of amides is 1. The second-order valence-corrected chi connectivity index (χ2v) is 4.62. The van der Waals surface area contributed by atoms with Crippen molar-refractivity contribution in [2.75, 3.05) is 6.61 Å². The molecule has 0 atom stereocenters. The molecule has 3 nitrogen and oxygen atoms in total. The maximum absolute atomic E-state index is 11.0. The molecule has 0 heterocycles. The first-order valence-corrected chi connectivity index (χ1v) is 5.68. The molecule has 0 saturated heterocycles. The van der Waals surface area contributed by atoms with Gasteiger partial charge in [-0.1, -0.05) is 0 Å². The van der Waals surface area contributed by atoms with Gasteiger partial charge in [0, 0.05) is 5.56 Å². The van der Waals surface area contributed by atoms with Gasteiger partial charge in [-0.15, -0.1) is 0 Å². The Morgan fingerprint density at radius 2 is 2.27 bits per heavy atom. The summed E-state index contributed by atoms with van der Waals surface area (Å²) in [5, 5.41) is 0. The van der Waals surface area contributed by atoms with Gasteiger partial charge in [-0.2, -0.15) is 0 Å². The van der Waals surface area contributed by atoms with E-state index in [0.29, 0.717) is 17.2 Å². The third-order valence-electron chi connectivity index (χ3n) is 2.39. The van der Waals surface area contributed by atoms with Crippen molar-refractivity contribution in [3.05, 3.63) is 28.2 Å². The minimum Gasteiger partial charge on any atom is -0.492 e.